The fraction of sp³-hybridized carbons (Fsp3) is 0.275. The summed E-state index contributed by atoms with van der Waals surface area (Å²) in [5, 5.41) is 16.6. The third-order valence-electron chi connectivity index (χ3n) is 12.2. The van der Waals surface area contributed by atoms with Gasteiger partial charge in [0.25, 0.3) is 0 Å². The molecule has 0 amide bonds. The predicted octanol–water partition coefficient (Wildman–Crippen LogP) is 11.7. The van der Waals surface area contributed by atoms with Crippen molar-refractivity contribution in [1.29, 1.82) is 0 Å². The van der Waals surface area contributed by atoms with E-state index in [4.69, 9.17) is 15.0 Å². The zero-order valence-electron chi connectivity index (χ0n) is 34.2. The smallest absolute Gasteiger partial charge is 0.154 e. The van der Waals surface area contributed by atoms with E-state index in [-0.39, 0.29) is 10.3 Å². The van der Waals surface area contributed by atoms with Crippen LogP contribution in [0.1, 0.15) is 74.9 Å². The van der Waals surface area contributed by atoms with Crippen molar-refractivity contribution in [2.45, 2.75) is 51.9 Å². The Bertz CT molecular complexity index is 1620. The van der Waals surface area contributed by atoms with E-state index >= 15 is 0 Å². The Morgan fingerprint density at radius 1 is 0.339 bits per heavy atom. The monoisotopic (exact) mass is 782 g/mol. The fourth-order valence-electron chi connectivity index (χ4n) is 9.48. The fourth-order valence-corrected chi connectivity index (χ4v) is 19.2. The lowest BCUT2D eigenvalue weighted by Crippen LogP contribution is -2.37. The van der Waals surface area contributed by atoms with Gasteiger partial charge in [0.1, 0.15) is 0 Å². The van der Waals surface area contributed by atoms with Gasteiger partial charge in [-0.15, -0.1) is 0 Å². The average molecular weight is 783 g/mol. The number of rotatable bonds is 14. The molecule has 6 rings (SSSR count). The summed E-state index contributed by atoms with van der Waals surface area (Å²) in [5.74, 6) is 0. The highest BCUT2D eigenvalue weighted by Gasteiger charge is 2.59. The van der Waals surface area contributed by atoms with Crippen molar-refractivity contribution in [3.8, 4) is 0 Å². The highest BCUT2D eigenvalue weighted by Crippen LogP contribution is 2.78. The van der Waals surface area contributed by atoms with Gasteiger partial charge in [0.15, 0.2) is 10.3 Å². The van der Waals surface area contributed by atoms with E-state index in [2.05, 4.69) is 224 Å². The van der Waals surface area contributed by atoms with Crippen molar-refractivity contribution >= 4 is 20.7 Å². The molecule has 0 aliphatic rings. The summed E-state index contributed by atoms with van der Waals surface area (Å²) in [6.45, 7) is 14.4. The molecule has 0 aliphatic carbocycles. The number of hydrogen-bond donors (Lipinski definition) is 0. The molecule has 0 spiro atoms. The van der Waals surface area contributed by atoms with Gasteiger partial charge in [0.05, 0.1) is 37.0 Å². The number of carbonyl (C=O) groups excluding carboxylic acids is 1. The molecule has 3 nitrogen and oxygen atoms in total. The molecule has 0 aromatic heterocycles. The zero-order valence-corrected chi connectivity index (χ0v) is 36.0. The van der Waals surface area contributed by atoms with Gasteiger partial charge < -0.3 is 15.0 Å². The molecule has 0 radical (unpaired) electrons. The zero-order chi connectivity index (χ0) is 40.5. The molecule has 0 atom stereocenters. The maximum atomic E-state index is 8.33. The molecule has 0 saturated carbocycles. The number of carbonyl (C=O) groups is 1. The lowest BCUT2D eigenvalue weighted by molar-refractivity contribution is -0.415. The Morgan fingerprint density at radius 2 is 0.464 bits per heavy atom. The molecule has 0 saturated heterocycles. The average Bonchev–Trinajstić information content (AvgIpc) is 3.27. The summed E-state index contributed by atoms with van der Waals surface area (Å²) >= 11 is 0. The van der Waals surface area contributed by atoms with E-state index in [9.17, 15) is 0 Å². The van der Waals surface area contributed by atoms with Crippen LogP contribution in [-0.2, 0) is 10.3 Å². The molecule has 0 N–H and O–H groups in total. The standard InChI is InChI=1S/2C25H30P.CH2O3/c2*1-4-26(5-2,6-3)25(22-16-10-7-11-17-22,23-18-12-8-13-19-23)24-20-14-9-15-21-24;2-1(3)4/h2*7-21H,4-6H2,1-3H3;(H2,2,3,4)/q2*+1;/p-2. The van der Waals surface area contributed by atoms with Gasteiger partial charge in [0, 0.05) is 47.9 Å². The summed E-state index contributed by atoms with van der Waals surface area (Å²) in [7, 11) is -2.69. The number of carboxylic acid groups (broad SMARTS) is 2. The van der Waals surface area contributed by atoms with Gasteiger partial charge in [-0.05, 0) is 47.7 Å². The molecule has 0 unspecified atom stereocenters. The van der Waals surface area contributed by atoms with Crippen LogP contribution in [0.25, 0.3) is 0 Å². The maximum absolute atomic E-state index is 8.33. The number of benzene rings is 6. The van der Waals surface area contributed by atoms with Crippen molar-refractivity contribution < 1.29 is 15.0 Å². The molecular formula is C51H60O3P2. The van der Waals surface area contributed by atoms with Crippen LogP contribution >= 0.6 is 14.5 Å². The molecule has 0 heterocycles. The third-order valence-corrected chi connectivity index (χ3v) is 23.9. The summed E-state index contributed by atoms with van der Waals surface area (Å²) in [6.07, 6.45) is 5.16. The van der Waals surface area contributed by atoms with E-state index in [0.717, 1.165) is 0 Å². The second kappa shape index (κ2) is 21.1. The lowest BCUT2D eigenvalue weighted by Gasteiger charge is -2.45. The molecule has 6 aromatic rings. The molecular weight excluding hydrogens is 723 g/mol. The van der Waals surface area contributed by atoms with Crippen LogP contribution in [0.15, 0.2) is 182 Å². The van der Waals surface area contributed by atoms with Gasteiger partial charge in [-0.1, -0.05) is 182 Å². The number of hydrogen-bond acceptors (Lipinski definition) is 3. The van der Waals surface area contributed by atoms with Crippen molar-refractivity contribution in [3.63, 3.8) is 0 Å². The topological polar surface area (TPSA) is 63.2 Å². The summed E-state index contributed by atoms with van der Waals surface area (Å²) in [5.41, 5.74) is 8.65. The van der Waals surface area contributed by atoms with Gasteiger partial charge in [-0.25, -0.2) is 0 Å². The Balaban J connectivity index is 0.000000227. The third kappa shape index (κ3) is 8.71. The van der Waals surface area contributed by atoms with Gasteiger partial charge in [-0.2, -0.15) is 0 Å². The predicted molar refractivity (Wildman–Crippen MR) is 241 cm³/mol. The van der Waals surface area contributed by atoms with Crippen LogP contribution in [0.3, 0.4) is 0 Å². The van der Waals surface area contributed by atoms with Crippen molar-refractivity contribution in [2.75, 3.05) is 37.0 Å². The van der Waals surface area contributed by atoms with Crippen LogP contribution in [0, 0.1) is 0 Å². The second-order valence-electron chi connectivity index (χ2n) is 14.1. The highest BCUT2D eigenvalue weighted by molar-refractivity contribution is 7.77. The molecule has 56 heavy (non-hydrogen) atoms. The minimum Gasteiger partial charge on any atom is -0.652 e. The van der Waals surface area contributed by atoms with Crippen LogP contribution in [0.5, 0.6) is 0 Å². The quantitative estimate of drug-likeness (QED) is 0.0816. The van der Waals surface area contributed by atoms with Crippen molar-refractivity contribution in [1.82, 2.24) is 0 Å². The van der Waals surface area contributed by atoms with E-state index in [0.29, 0.717) is 0 Å². The first-order valence-corrected chi connectivity index (χ1v) is 24.9. The van der Waals surface area contributed by atoms with Gasteiger partial charge >= 0.3 is 0 Å². The van der Waals surface area contributed by atoms with E-state index < -0.39 is 20.7 Å². The molecule has 6 aromatic carbocycles. The second-order valence-corrected chi connectivity index (χ2v) is 23.8. The Kier molecular flexibility index (Phi) is 16.6. The molecule has 5 heteroatoms. The Hall–Kier alpha value is -4.55. The molecule has 0 fully saturated rings. The first-order valence-electron chi connectivity index (χ1n) is 20.2. The first-order chi connectivity index (χ1) is 27.2. The van der Waals surface area contributed by atoms with Crippen molar-refractivity contribution in [2.24, 2.45) is 0 Å². The SMILES string of the molecule is CC[P+](CC)(CC)C(c1ccccc1)(c1ccccc1)c1ccccc1.CC[P+](CC)(CC)C(c1ccccc1)(c1ccccc1)c1ccccc1.O=C([O-])[O-]. The Morgan fingerprint density at radius 3 is 0.571 bits per heavy atom. The Labute approximate surface area is 338 Å². The molecule has 0 bridgehead atoms. The summed E-state index contributed by atoms with van der Waals surface area (Å²) in [4.78, 5) is 8.33. The van der Waals surface area contributed by atoms with E-state index in [1.807, 2.05) is 0 Å². The van der Waals surface area contributed by atoms with Gasteiger partial charge in [-0.3, -0.25) is 0 Å². The maximum Gasteiger partial charge on any atom is 0.154 e. The normalized spacial score (nSPS) is 11.7. The molecule has 0 aliphatic heterocycles. The first kappa shape index (κ1) is 44.2. The van der Waals surface area contributed by atoms with Crippen LogP contribution in [-0.4, -0.2) is 43.1 Å². The van der Waals surface area contributed by atoms with Crippen molar-refractivity contribution in [3.05, 3.63) is 215 Å². The minimum atomic E-state index is -2.33. The van der Waals surface area contributed by atoms with E-state index in [1.54, 1.807) is 0 Å². The molecule has 292 valence electrons. The van der Waals surface area contributed by atoms with Gasteiger partial charge in [0.2, 0.25) is 0 Å². The van der Waals surface area contributed by atoms with Crippen LogP contribution in [0.4, 0.5) is 4.79 Å². The highest BCUT2D eigenvalue weighted by atomic mass is 31.2. The van der Waals surface area contributed by atoms with Crippen LogP contribution < -0.4 is 10.2 Å². The lowest BCUT2D eigenvalue weighted by atomic mass is 9.84. The van der Waals surface area contributed by atoms with Crippen LogP contribution in [0.2, 0.25) is 0 Å². The largest absolute Gasteiger partial charge is 0.652 e. The van der Waals surface area contributed by atoms with E-state index in [1.165, 1.54) is 70.4 Å². The summed E-state index contributed by atoms with van der Waals surface area (Å²) in [6, 6.07) is 67.3. The minimum absolute atomic E-state index is 0.0466. The summed E-state index contributed by atoms with van der Waals surface area (Å²) < 4.78 is 0.